The molecule has 3 unspecified atom stereocenters. The lowest BCUT2D eigenvalue weighted by atomic mass is 9.95. The van der Waals surface area contributed by atoms with Crippen molar-refractivity contribution in [1.82, 2.24) is 10.2 Å². The number of rotatable bonds is 14. The molecule has 0 saturated heterocycles. The van der Waals surface area contributed by atoms with Gasteiger partial charge in [-0.15, -0.1) is 0 Å². The van der Waals surface area contributed by atoms with E-state index in [2.05, 4.69) is 31.1 Å². The highest BCUT2D eigenvalue weighted by atomic mass is 16.6. The van der Waals surface area contributed by atoms with Crippen LogP contribution < -0.4 is 16.4 Å². The number of benzene rings is 3. The molecule has 9 nitrogen and oxygen atoms in total. The summed E-state index contributed by atoms with van der Waals surface area (Å²) in [6.45, 7) is 15.1. The molecule has 0 aliphatic rings. The van der Waals surface area contributed by atoms with Crippen molar-refractivity contribution in [1.29, 1.82) is 0 Å². The molecule has 4 N–H and O–H groups in total. The van der Waals surface area contributed by atoms with Crippen LogP contribution in [-0.4, -0.2) is 46.4 Å². The molecule has 0 bridgehead atoms. The first kappa shape index (κ1) is 35.8. The number of amides is 4. The monoisotopic (exact) mass is 628 g/mol. The van der Waals surface area contributed by atoms with Gasteiger partial charge in [0.15, 0.2) is 0 Å². The zero-order valence-corrected chi connectivity index (χ0v) is 27.8. The normalized spacial score (nSPS) is 13.4. The first-order valence-corrected chi connectivity index (χ1v) is 15.8. The van der Waals surface area contributed by atoms with E-state index in [-0.39, 0.29) is 12.8 Å². The van der Waals surface area contributed by atoms with Gasteiger partial charge in [0.1, 0.15) is 17.7 Å². The van der Waals surface area contributed by atoms with Crippen LogP contribution in [0.5, 0.6) is 0 Å². The fourth-order valence-corrected chi connectivity index (χ4v) is 5.26. The van der Waals surface area contributed by atoms with Crippen molar-refractivity contribution in [3.63, 3.8) is 0 Å². The summed E-state index contributed by atoms with van der Waals surface area (Å²) < 4.78 is 5.45. The predicted octanol–water partition coefficient (Wildman–Crippen LogP) is 6.97. The summed E-state index contributed by atoms with van der Waals surface area (Å²) in [5, 5.41) is 7.68. The number of primary amides is 1. The maximum absolute atomic E-state index is 14.6. The summed E-state index contributed by atoms with van der Waals surface area (Å²) in [7, 11) is 0. The number of alkyl carbamates (subject to hydrolysis) is 1. The smallest absolute Gasteiger partial charge is 0.408 e. The average Bonchev–Trinajstić information content (AvgIpc) is 2.99. The number of carbonyl (C=O) groups is 4. The molecule has 3 aromatic carbocycles. The van der Waals surface area contributed by atoms with Crippen LogP contribution in [0, 0.1) is 5.92 Å². The van der Waals surface area contributed by atoms with Gasteiger partial charge in [0.05, 0.1) is 0 Å². The minimum atomic E-state index is -1.18. The highest BCUT2D eigenvalue weighted by Crippen LogP contribution is 2.30. The van der Waals surface area contributed by atoms with Crippen LogP contribution in [-0.2, 0) is 19.1 Å². The minimum absolute atomic E-state index is 0.0630. The van der Waals surface area contributed by atoms with Gasteiger partial charge in [0.2, 0.25) is 11.8 Å². The van der Waals surface area contributed by atoms with Crippen LogP contribution >= 0.6 is 0 Å². The molecule has 0 saturated carbocycles. The number of fused-ring (bicyclic) bond motifs is 1. The van der Waals surface area contributed by atoms with Crippen molar-refractivity contribution in [2.45, 2.75) is 91.0 Å². The van der Waals surface area contributed by atoms with Crippen LogP contribution in [0.4, 0.5) is 10.5 Å². The second-order valence-corrected chi connectivity index (χ2v) is 13.1. The topological polar surface area (TPSA) is 131 Å². The number of hydrogen-bond donors (Lipinski definition) is 3. The van der Waals surface area contributed by atoms with Crippen LogP contribution in [0.1, 0.15) is 84.4 Å². The molecule has 0 heterocycles. The standard InChI is InChI=1S/C37H48N4O5/c1-8-26-12-11-15-29(22-26)33(34(43)39-30-19-18-27-13-9-10-14-28(27)23-30)41(25(4)17-16-24(2)3)35(44)31(20-21-32(38)42)40-36(45)46-37(5,6)7/h8-15,18-19,22-25,31,33H,1,16-17,20-21H2,2-7H3,(H2,38,42)(H,39,43)(H,40,45). The zero-order chi connectivity index (χ0) is 34.0. The molecule has 3 atom stereocenters. The molecule has 0 aliphatic heterocycles. The van der Waals surface area contributed by atoms with Crippen molar-refractivity contribution in [3.05, 3.63) is 84.4 Å². The zero-order valence-electron chi connectivity index (χ0n) is 27.8. The van der Waals surface area contributed by atoms with Gasteiger partial charge in [-0.05, 0) is 93.0 Å². The third kappa shape index (κ3) is 10.5. The molecule has 0 fully saturated rings. The molecular formula is C37H48N4O5. The Balaban J connectivity index is 2.13. The van der Waals surface area contributed by atoms with Crippen LogP contribution in [0.25, 0.3) is 16.8 Å². The lowest BCUT2D eigenvalue weighted by Crippen LogP contribution is -2.55. The van der Waals surface area contributed by atoms with E-state index in [1.807, 2.05) is 67.6 Å². The molecule has 3 aromatic rings. The molecule has 9 heteroatoms. The maximum atomic E-state index is 14.6. The number of nitrogens with one attached hydrogen (secondary N) is 2. The fourth-order valence-electron chi connectivity index (χ4n) is 5.26. The Morgan fingerprint density at radius 1 is 0.913 bits per heavy atom. The van der Waals surface area contributed by atoms with E-state index >= 15 is 0 Å². The highest BCUT2D eigenvalue weighted by Gasteiger charge is 2.39. The van der Waals surface area contributed by atoms with E-state index < -0.39 is 47.5 Å². The summed E-state index contributed by atoms with van der Waals surface area (Å²) in [4.78, 5) is 55.4. The summed E-state index contributed by atoms with van der Waals surface area (Å²) >= 11 is 0. The van der Waals surface area contributed by atoms with E-state index in [1.54, 1.807) is 32.9 Å². The number of anilines is 1. The predicted molar refractivity (Wildman–Crippen MR) is 184 cm³/mol. The second-order valence-electron chi connectivity index (χ2n) is 13.1. The first-order valence-electron chi connectivity index (χ1n) is 15.8. The van der Waals surface area contributed by atoms with E-state index in [0.717, 1.165) is 22.8 Å². The fraction of sp³-hybridized carbons (Fsp3) is 0.405. The SMILES string of the molecule is C=Cc1cccc(C(C(=O)Nc2ccc3ccccc3c2)N(C(=O)C(CCC(N)=O)NC(=O)OC(C)(C)C)C(C)CCC(C)C)c1. The van der Waals surface area contributed by atoms with Crippen molar-refractivity contribution in [2.75, 3.05) is 5.32 Å². The largest absolute Gasteiger partial charge is 0.444 e. The summed E-state index contributed by atoms with van der Waals surface area (Å²) in [5.41, 5.74) is 6.58. The maximum Gasteiger partial charge on any atom is 0.408 e. The van der Waals surface area contributed by atoms with E-state index in [0.29, 0.717) is 23.6 Å². The van der Waals surface area contributed by atoms with Gasteiger partial charge in [-0.2, -0.15) is 0 Å². The van der Waals surface area contributed by atoms with Crippen LogP contribution in [0.15, 0.2) is 73.3 Å². The summed E-state index contributed by atoms with van der Waals surface area (Å²) in [6.07, 6.45) is 2.04. The van der Waals surface area contributed by atoms with Crippen molar-refractivity contribution in [3.8, 4) is 0 Å². The number of hydrogen-bond acceptors (Lipinski definition) is 5. The lowest BCUT2D eigenvalue weighted by Gasteiger charge is -2.39. The second kappa shape index (κ2) is 16.1. The molecular weight excluding hydrogens is 580 g/mol. The van der Waals surface area contributed by atoms with Gasteiger partial charge in [-0.3, -0.25) is 14.4 Å². The van der Waals surface area contributed by atoms with Gasteiger partial charge >= 0.3 is 6.09 Å². The van der Waals surface area contributed by atoms with E-state index in [1.165, 1.54) is 4.90 Å². The van der Waals surface area contributed by atoms with Gasteiger partial charge < -0.3 is 26.0 Å². The third-order valence-corrected chi connectivity index (χ3v) is 7.57. The average molecular weight is 629 g/mol. The number of nitrogens with zero attached hydrogens (tertiary/aromatic N) is 1. The first-order chi connectivity index (χ1) is 21.7. The van der Waals surface area contributed by atoms with Crippen LogP contribution in [0.2, 0.25) is 0 Å². The number of nitrogens with two attached hydrogens (primary N) is 1. The molecule has 246 valence electrons. The minimum Gasteiger partial charge on any atom is -0.444 e. The molecule has 3 rings (SSSR count). The molecule has 0 aromatic heterocycles. The van der Waals surface area contributed by atoms with Crippen molar-refractivity contribution >= 4 is 46.4 Å². The lowest BCUT2D eigenvalue weighted by molar-refractivity contribution is -0.143. The molecule has 46 heavy (non-hydrogen) atoms. The Bertz CT molecular complexity index is 1540. The highest BCUT2D eigenvalue weighted by molar-refractivity contribution is 6.00. The van der Waals surface area contributed by atoms with Gasteiger partial charge in [-0.25, -0.2) is 4.79 Å². The number of carbonyl (C=O) groups excluding carboxylic acids is 4. The Morgan fingerprint density at radius 3 is 2.24 bits per heavy atom. The molecule has 0 aliphatic carbocycles. The molecule has 4 amide bonds. The van der Waals surface area contributed by atoms with E-state index in [4.69, 9.17) is 10.5 Å². The third-order valence-electron chi connectivity index (χ3n) is 7.57. The van der Waals surface area contributed by atoms with Crippen molar-refractivity contribution in [2.24, 2.45) is 11.7 Å². The molecule has 0 radical (unpaired) electrons. The number of ether oxygens (including phenoxy) is 1. The Kier molecular flexibility index (Phi) is 12.5. The van der Waals surface area contributed by atoms with Crippen molar-refractivity contribution < 1.29 is 23.9 Å². The van der Waals surface area contributed by atoms with Gasteiger partial charge in [-0.1, -0.05) is 75.0 Å². The van der Waals surface area contributed by atoms with Gasteiger partial charge in [0.25, 0.3) is 5.91 Å². The van der Waals surface area contributed by atoms with E-state index in [9.17, 15) is 19.2 Å². The Hall–Kier alpha value is -4.66. The summed E-state index contributed by atoms with van der Waals surface area (Å²) in [6, 6.07) is 18.1. The summed E-state index contributed by atoms with van der Waals surface area (Å²) in [5.74, 6) is -1.22. The van der Waals surface area contributed by atoms with Gasteiger partial charge in [0, 0.05) is 18.2 Å². The Labute approximate surface area is 272 Å². The van der Waals surface area contributed by atoms with Crippen LogP contribution in [0.3, 0.4) is 0 Å². The molecule has 0 spiro atoms. The quantitative estimate of drug-likeness (QED) is 0.177. The Morgan fingerprint density at radius 2 is 1.61 bits per heavy atom.